The Balaban J connectivity index is 1.13. The number of hydrogen-bond donors (Lipinski definition) is 1. The van der Waals surface area contributed by atoms with Crippen LogP contribution in [0, 0.1) is 5.92 Å². The molecule has 1 aromatic heterocycles. The van der Waals surface area contributed by atoms with Gasteiger partial charge in [0.15, 0.2) is 0 Å². The highest BCUT2D eigenvalue weighted by atomic mass is 32.2. The Kier molecular flexibility index (Phi) is 6.29. The highest BCUT2D eigenvalue weighted by Gasteiger charge is 2.50. The highest BCUT2D eigenvalue weighted by molar-refractivity contribution is 7.99. The van der Waals surface area contributed by atoms with Crippen LogP contribution in [-0.2, 0) is 5.41 Å². The minimum Gasteiger partial charge on any atom is -0.456 e. The van der Waals surface area contributed by atoms with Gasteiger partial charge in [0.1, 0.15) is 17.2 Å². The Labute approximate surface area is 300 Å². The average molecular weight is 673 g/mol. The molecule has 4 aliphatic rings. The van der Waals surface area contributed by atoms with E-state index in [1.54, 1.807) is 0 Å². The fourth-order valence-corrected chi connectivity index (χ4v) is 10.2. The Bertz CT molecular complexity index is 2710. The number of para-hydroxylation sites is 1. The van der Waals surface area contributed by atoms with Crippen LogP contribution in [-0.4, -0.2) is 5.71 Å². The smallest absolute Gasteiger partial charge is 0.145 e. The highest BCUT2D eigenvalue weighted by Crippen LogP contribution is 2.62. The first-order chi connectivity index (χ1) is 25.3. The maximum atomic E-state index is 6.38. The summed E-state index contributed by atoms with van der Waals surface area (Å²) >= 11 is 1.88. The summed E-state index contributed by atoms with van der Waals surface area (Å²) < 4.78 is 6.38. The molecule has 7 aromatic rings. The van der Waals surface area contributed by atoms with Crippen LogP contribution in [0.5, 0.6) is 0 Å². The zero-order valence-electron chi connectivity index (χ0n) is 27.7. The molecule has 51 heavy (non-hydrogen) atoms. The Hall–Kier alpha value is -5.84. The molecule has 2 atom stereocenters. The first-order valence-electron chi connectivity index (χ1n) is 17.7. The summed E-state index contributed by atoms with van der Waals surface area (Å²) in [5.74, 6) is 0.127. The largest absolute Gasteiger partial charge is 0.456 e. The second-order valence-electron chi connectivity index (χ2n) is 13.8. The van der Waals surface area contributed by atoms with E-state index in [1.807, 2.05) is 17.8 Å². The molecule has 0 saturated heterocycles. The average Bonchev–Trinajstić information content (AvgIpc) is 3.72. The number of rotatable bonds is 3. The number of hydrogen-bond acceptors (Lipinski definition) is 4. The number of fused-ring (bicyclic) bond motifs is 12. The van der Waals surface area contributed by atoms with Gasteiger partial charge in [-0.05, 0) is 69.6 Å². The summed E-state index contributed by atoms with van der Waals surface area (Å²) in [6.45, 7) is 0. The third kappa shape index (κ3) is 4.17. The van der Waals surface area contributed by atoms with Crippen molar-refractivity contribution in [2.45, 2.75) is 27.8 Å². The van der Waals surface area contributed by atoms with Gasteiger partial charge in [-0.1, -0.05) is 151 Å². The van der Waals surface area contributed by atoms with Gasteiger partial charge >= 0.3 is 0 Å². The molecule has 2 aliphatic heterocycles. The van der Waals surface area contributed by atoms with Gasteiger partial charge in [-0.2, -0.15) is 0 Å². The first-order valence-corrected chi connectivity index (χ1v) is 18.5. The number of nitrogens with zero attached hydrogens (tertiary/aromatic N) is 1. The normalized spacial score (nSPS) is 18.9. The third-order valence-electron chi connectivity index (χ3n) is 11.1. The second kappa shape index (κ2) is 11.1. The topological polar surface area (TPSA) is 37.5 Å². The molecule has 0 amide bonds. The zero-order chi connectivity index (χ0) is 33.5. The van der Waals surface area contributed by atoms with Gasteiger partial charge in [-0.3, -0.25) is 4.99 Å². The molecular weight excluding hydrogens is 641 g/mol. The van der Waals surface area contributed by atoms with E-state index in [-0.39, 0.29) is 12.1 Å². The predicted octanol–water partition coefficient (Wildman–Crippen LogP) is 9.52. The summed E-state index contributed by atoms with van der Waals surface area (Å²) in [7, 11) is 0. The number of aliphatic imine (C=N–C) groups is 1. The molecule has 0 fully saturated rings. The number of nitrogens with one attached hydrogen (secondary N) is 1. The molecule has 0 bridgehead atoms. The van der Waals surface area contributed by atoms with Crippen LogP contribution in [0.4, 0.5) is 0 Å². The lowest BCUT2D eigenvalue weighted by Crippen LogP contribution is -2.34. The van der Waals surface area contributed by atoms with E-state index in [0.717, 1.165) is 40.0 Å². The summed E-state index contributed by atoms with van der Waals surface area (Å²) in [6, 6.07) is 52.8. The van der Waals surface area contributed by atoms with Gasteiger partial charge in [-0.25, -0.2) is 0 Å². The molecule has 11 rings (SSSR count). The maximum absolute atomic E-state index is 6.38. The molecule has 1 spiro atoms. The van der Waals surface area contributed by atoms with Gasteiger partial charge in [0.2, 0.25) is 0 Å². The van der Waals surface area contributed by atoms with E-state index >= 15 is 0 Å². The number of furan rings is 1. The molecule has 0 radical (unpaired) electrons. The Morgan fingerprint density at radius 1 is 0.647 bits per heavy atom. The minimum atomic E-state index is -0.428. The van der Waals surface area contributed by atoms with Gasteiger partial charge in [-0.15, -0.1) is 0 Å². The van der Waals surface area contributed by atoms with Crippen molar-refractivity contribution in [3.8, 4) is 11.1 Å². The lowest BCUT2D eigenvalue weighted by Gasteiger charge is -2.40. The predicted molar refractivity (Wildman–Crippen MR) is 207 cm³/mol. The van der Waals surface area contributed by atoms with E-state index in [9.17, 15) is 0 Å². The summed E-state index contributed by atoms with van der Waals surface area (Å²) in [6.07, 6.45) is 7.60. The molecule has 2 unspecified atom stereocenters. The van der Waals surface area contributed by atoms with E-state index in [2.05, 4.69) is 163 Å². The SMILES string of the molecule is C1=C(C2C=c3oc4ccccc4c3=CC2)NC(c2ccccc2)N=C1c1cccc2c1Sc1ccccc1C21c2ccccc2-c2ccccc21. The molecule has 4 heteroatoms. The molecule has 3 heterocycles. The van der Waals surface area contributed by atoms with Crippen molar-refractivity contribution in [2.24, 2.45) is 10.9 Å². The molecule has 3 nitrogen and oxygen atoms in total. The summed E-state index contributed by atoms with van der Waals surface area (Å²) in [5.41, 5.74) is 13.9. The van der Waals surface area contributed by atoms with Gasteiger partial charge in [0, 0.05) is 37.6 Å². The van der Waals surface area contributed by atoms with Crippen molar-refractivity contribution < 1.29 is 4.42 Å². The van der Waals surface area contributed by atoms with Crippen molar-refractivity contribution in [3.63, 3.8) is 0 Å². The molecule has 242 valence electrons. The van der Waals surface area contributed by atoms with E-state index in [1.165, 1.54) is 53.8 Å². The third-order valence-corrected chi connectivity index (χ3v) is 12.3. The fraction of sp³-hybridized carbons (Fsp3) is 0.0851. The van der Waals surface area contributed by atoms with Crippen LogP contribution < -0.4 is 16.0 Å². The monoisotopic (exact) mass is 672 g/mol. The van der Waals surface area contributed by atoms with Crippen LogP contribution in [0.1, 0.15) is 46.0 Å². The second-order valence-corrected chi connectivity index (χ2v) is 14.8. The van der Waals surface area contributed by atoms with E-state index in [4.69, 9.17) is 9.41 Å². The molecule has 0 saturated carbocycles. The summed E-state index contributed by atoms with van der Waals surface area (Å²) in [5, 5.41) is 6.22. The number of benzene rings is 6. The van der Waals surface area contributed by atoms with Crippen molar-refractivity contribution in [1.29, 1.82) is 0 Å². The molecule has 1 N–H and O–H groups in total. The Morgan fingerprint density at radius 3 is 2.14 bits per heavy atom. The molecular formula is C47H32N2OS. The molecule has 6 aromatic carbocycles. The van der Waals surface area contributed by atoms with Crippen LogP contribution in [0.3, 0.4) is 0 Å². The minimum absolute atomic E-state index is 0.127. The standard InChI is InChI=1S/C47H32N2OS/c1-2-13-29(14-3-1)46-48-40(30-25-26-34-33-17-6-10-23-42(33)50-43(34)27-30)28-41(49-46)35-18-12-22-39-45(35)51-44-24-11-9-21-38(44)47(39)36-19-7-4-15-31(36)32-16-5-8-20-37(32)47/h1-24,26-28,30,46,48H,25H2. The van der Waals surface area contributed by atoms with Crippen LogP contribution in [0.2, 0.25) is 0 Å². The Morgan fingerprint density at radius 2 is 1.31 bits per heavy atom. The van der Waals surface area contributed by atoms with Crippen molar-refractivity contribution >= 4 is 40.6 Å². The van der Waals surface area contributed by atoms with Gasteiger partial charge < -0.3 is 9.73 Å². The van der Waals surface area contributed by atoms with Crippen LogP contribution >= 0.6 is 11.8 Å². The quantitative estimate of drug-likeness (QED) is 0.203. The molecule has 2 aliphatic carbocycles. The van der Waals surface area contributed by atoms with Crippen LogP contribution in [0.15, 0.2) is 177 Å². The van der Waals surface area contributed by atoms with Crippen molar-refractivity contribution in [2.75, 3.05) is 0 Å². The summed E-state index contributed by atoms with van der Waals surface area (Å²) in [4.78, 5) is 8.04. The van der Waals surface area contributed by atoms with E-state index < -0.39 is 5.41 Å². The van der Waals surface area contributed by atoms with Crippen LogP contribution in [0.25, 0.3) is 34.2 Å². The zero-order valence-corrected chi connectivity index (χ0v) is 28.5. The van der Waals surface area contributed by atoms with Crippen molar-refractivity contribution in [3.05, 3.63) is 201 Å². The van der Waals surface area contributed by atoms with Gasteiger partial charge in [0.05, 0.1) is 11.1 Å². The number of allylic oxidation sites excluding steroid dienone is 2. The van der Waals surface area contributed by atoms with E-state index in [0.29, 0.717) is 0 Å². The maximum Gasteiger partial charge on any atom is 0.145 e. The van der Waals surface area contributed by atoms with Crippen molar-refractivity contribution in [1.82, 2.24) is 5.32 Å². The fourth-order valence-electron chi connectivity index (χ4n) is 8.92. The lowest BCUT2D eigenvalue weighted by molar-refractivity contribution is 0.547. The lowest BCUT2D eigenvalue weighted by atomic mass is 9.67. The van der Waals surface area contributed by atoms with Gasteiger partial charge in [0.25, 0.3) is 0 Å². The first kappa shape index (κ1) is 28.9.